The van der Waals surface area contributed by atoms with Gasteiger partial charge >= 0.3 is 5.97 Å². The van der Waals surface area contributed by atoms with E-state index in [1.807, 2.05) is 44.2 Å². The highest BCUT2D eigenvalue weighted by atomic mass is 16.4. The van der Waals surface area contributed by atoms with E-state index in [0.717, 1.165) is 5.56 Å². The summed E-state index contributed by atoms with van der Waals surface area (Å²) in [5.74, 6) is -8.10. The van der Waals surface area contributed by atoms with Gasteiger partial charge in [0.25, 0.3) is 0 Å². The van der Waals surface area contributed by atoms with Crippen LogP contribution in [0.15, 0.2) is 35.3 Å². The number of carbonyl (C=O) groups excluding carboxylic acids is 8. The number of rotatable bonds is 27. The van der Waals surface area contributed by atoms with Crippen LogP contribution in [0, 0.1) is 17.8 Å². The van der Waals surface area contributed by atoms with Crippen molar-refractivity contribution in [3.63, 3.8) is 0 Å². The summed E-state index contributed by atoms with van der Waals surface area (Å²) in [7, 11) is 0. The van der Waals surface area contributed by atoms with Crippen LogP contribution >= 0.6 is 0 Å². The number of aliphatic hydroxyl groups excluding tert-OH is 1. The number of aliphatic hydroxyl groups is 1. The van der Waals surface area contributed by atoms with Crippen LogP contribution in [0.4, 0.5) is 0 Å². The zero-order valence-corrected chi connectivity index (χ0v) is 42.1. The van der Waals surface area contributed by atoms with E-state index in [0.29, 0.717) is 25.7 Å². The third-order valence-corrected chi connectivity index (χ3v) is 13.2. The van der Waals surface area contributed by atoms with E-state index in [1.54, 1.807) is 27.7 Å². The highest BCUT2D eigenvalue weighted by Crippen LogP contribution is 2.22. The Balaban J connectivity index is 1.69. The van der Waals surface area contributed by atoms with Gasteiger partial charge in [0.15, 0.2) is 5.96 Å². The molecular formula is C48H78N12O11. The minimum Gasteiger partial charge on any atom is -0.480 e. The van der Waals surface area contributed by atoms with E-state index in [4.69, 9.17) is 17.2 Å². The molecule has 8 amide bonds. The van der Waals surface area contributed by atoms with Crippen molar-refractivity contribution in [1.29, 1.82) is 0 Å². The third-order valence-electron chi connectivity index (χ3n) is 13.2. The van der Waals surface area contributed by atoms with Crippen molar-refractivity contribution in [1.82, 2.24) is 41.7 Å². The van der Waals surface area contributed by atoms with Crippen molar-refractivity contribution in [2.75, 3.05) is 26.2 Å². The van der Waals surface area contributed by atoms with E-state index < -0.39 is 132 Å². The van der Waals surface area contributed by atoms with Gasteiger partial charge in [-0.05, 0) is 75.2 Å². The Morgan fingerprint density at radius 1 is 0.704 bits per heavy atom. The number of nitrogens with two attached hydrogens (primary N) is 3. The lowest BCUT2D eigenvalue weighted by Crippen LogP contribution is -2.62. The van der Waals surface area contributed by atoms with Crippen molar-refractivity contribution in [2.45, 2.75) is 161 Å². The van der Waals surface area contributed by atoms with Crippen molar-refractivity contribution in [3.05, 3.63) is 35.9 Å². The molecule has 2 saturated heterocycles. The molecule has 11 atom stereocenters. The number of likely N-dealkylation sites (tertiary alicyclic amines) is 2. The number of benzene rings is 1. The summed E-state index contributed by atoms with van der Waals surface area (Å²) in [5.41, 5.74) is 17.9. The molecule has 0 unspecified atom stereocenters. The van der Waals surface area contributed by atoms with Crippen LogP contribution in [-0.4, -0.2) is 160 Å². The second-order valence-electron chi connectivity index (χ2n) is 19.0. The number of nitrogens with one attached hydrogen (secondary N) is 6. The molecule has 71 heavy (non-hydrogen) atoms. The number of amides is 8. The van der Waals surface area contributed by atoms with E-state index in [2.05, 4.69) is 36.9 Å². The molecule has 2 aliphatic heterocycles. The van der Waals surface area contributed by atoms with Gasteiger partial charge in [-0.2, -0.15) is 0 Å². The van der Waals surface area contributed by atoms with E-state index in [9.17, 15) is 53.4 Å². The Labute approximate surface area is 416 Å². The first-order chi connectivity index (χ1) is 33.5. The zero-order chi connectivity index (χ0) is 53.1. The number of aliphatic imine (C=N–C) groups is 1. The second-order valence-corrected chi connectivity index (χ2v) is 19.0. The first-order valence-corrected chi connectivity index (χ1v) is 24.7. The standard InChI is InChI=1S/C48H78N12O11/c1-8-27(5)37(44(67)53-25-35(62)59-22-14-19-33(59)42(65)54-32(18-13-21-52-48(50)51)41(64)55-36(26(3)4)47(70)71)57-43(66)34-20-15-23-60(34)46(69)39(29(7)61)58-45(68)38(28(6)9-2)56-40(63)31(49)24-30-16-11-10-12-17-30/h10-12,16-17,26-29,31-34,36-39,61H,8-9,13-15,18-25,49H2,1-7H3,(H,53,67)(H,54,65)(H,55,64)(H,56,63)(H,57,66)(H,58,68)(H,70,71)(H4,50,51,52)/t27-,28-,29+,31-,32-,33-,34-,36-,37-,38-,39-/m0/s1. The number of carbonyl (C=O) groups is 9. The highest BCUT2D eigenvalue weighted by Gasteiger charge is 2.43. The smallest absolute Gasteiger partial charge is 0.326 e. The number of nitrogens with zero attached hydrogens (tertiary/aromatic N) is 3. The molecule has 2 fully saturated rings. The van der Waals surface area contributed by atoms with Crippen LogP contribution in [0.2, 0.25) is 0 Å². The van der Waals surface area contributed by atoms with Gasteiger partial charge in [0.2, 0.25) is 47.3 Å². The van der Waals surface area contributed by atoms with E-state index in [-0.39, 0.29) is 57.7 Å². The minimum absolute atomic E-state index is 0.0502. The van der Waals surface area contributed by atoms with Gasteiger partial charge in [-0.1, -0.05) is 84.7 Å². The van der Waals surface area contributed by atoms with Crippen LogP contribution in [0.3, 0.4) is 0 Å². The monoisotopic (exact) mass is 999 g/mol. The second kappa shape index (κ2) is 28.5. The van der Waals surface area contributed by atoms with Crippen LogP contribution < -0.4 is 49.1 Å². The topological polar surface area (TPSA) is 363 Å². The molecule has 0 saturated carbocycles. The fourth-order valence-electron chi connectivity index (χ4n) is 8.51. The quantitative estimate of drug-likeness (QED) is 0.0267. The van der Waals surface area contributed by atoms with Crippen molar-refractivity contribution < 1.29 is 53.4 Å². The number of aliphatic carboxylic acids is 1. The van der Waals surface area contributed by atoms with Crippen molar-refractivity contribution in [2.24, 2.45) is 39.9 Å². The number of carboxylic acid groups (broad SMARTS) is 1. The molecule has 0 aromatic heterocycles. The summed E-state index contributed by atoms with van der Waals surface area (Å²) >= 11 is 0. The maximum absolute atomic E-state index is 14.1. The summed E-state index contributed by atoms with van der Waals surface area (Å²) in [5, 5.41) is 36.3. The van der Waals surface area contributed by atoms with Crippen LogP contribution in [0.25, 0.3) is 0 Å². The molecule has 23 nitrogen and oxygen atoms in total. The van der Waals surface area contributed by atoms with Gasteiger partial charge in [-0.15, -0.1) is 0 Å². The Morgan fingerprint density at radius 2 is 1.24 bits per heavy atom. The largest absolute Gasteiger partial charge is 0.480 e. The highest BCUT2D eigenvalue weighted by molar-refractivity contribution is 5.98. The molecule has 14 N–H and O–H groups in total. The summed E-state index contributed by atoms with van der Waals surface area (Å²) < 4.78 is 0. The fraction of sp³-hybridized carbons (Fsp3) is 0.667. The summed E-state index contributed by atoms with van der Waals surface area (Å²) in [6.45, 7) is 11.6. The predicted molar refractivity (Wildman–Crippen MR) is 263 cm³/mol. The number of carboxylic acids is 1. The molecule has 0 radical (unpaired) electrons. The van der Waals surface area contributed by atoms with Crippen LogP contribution in [0.5, 0.6) is 0 Å². The van der Waals surface area contributed by atoms with Gasteiger partial charge in [-0.3, -0.25) is 43.3 Å². The van der Waals surface area contributed by atoms with Crippen LogP contribution in [0.1, 0.15) is 105 Å². The molecule has 23 heteroatoms. The molecule has 2 aliphatic rings. The lowest BCUT2D eigenvalue weighted by atomic mass is 9.96. The Bertz CT molecular complexity index is 2040. The molecule has 1 aromatic carbocycles. The average Bonchev–Trinajstić information content (AvgIpc) is 4.04. The Morgan fingerprint density at radius 3 is 1.79 bits per heavy atom. The first-order valence-electron chi connectivity index (χ1n) is 24.7. The number of hydrogen-bond donors (Lipinski definition) is 11. The molecule has 0 spiro atoms. The number of hydrogen-bond acceptors (Lipinski definition) is 12. The van der Waals surface area contributed by atoms with Gasteiger partial charge in [-0.25, -0.2) is 4.79 Å². The lowest BCUT2D eigenvalue weighted by Gasteiger charge is -2.33. The molecule has 0 bridgehead atoms. The predicted octanol–water partition coefficient (Wildman–Crippen LogP) is -1.65. The first kappa shape index (κ1) is 59.0. The van der Waals surface area contributed by atoms with E-state index in [1.165, 1.54) is 16.7 Å². The Hall–Kier alpha value is -6.36. The number of guanidine groups is 1. The summed E-state index contributed by atoms with van der Waals surface area (Å²) in [4.78, 5) is 128. The zero-order valence-electron chi connectivity index (χ0n) is 42.1. The van der Waals surface area contributed by atoms with Gasteiger partial charge in [0.05, 0.1) is 18.7 Å². The summed E-state index contributed by atoms with van der Waals surface area (Å²) in [6, 6.07) is -0.0989. The lowest BCUT2D eigenvalue weighted by molar-refractivity contribution is -0.145. The van der Waals surface area contributed by atoms with Crippen molar-refractivity contribution >= 4 is 59.2 Å². The minimum atomic E-state index is -1.50. The molecule has 1 aromatic rings. The average molecular weight is 999 g/mol. The molecular weight excluding hydrogens is 921 g/mol. The third kappa shape index (κ3) is 17.5. The Kier molecular flexibility index (Phi) is 23.6. The van der Waals surface area contributed by atoms with Gasteiger partial charge in [0, 0.05) is 19.6 Å². The van der Waals surface area contributed by atoms with Gasteiger partial charge in [0.1, 0.15) is 42.3 Å². The molecule has 0 aliphatic carbocycles. The SMILES string of the molecule is CC[C@H](C)[C@H](NC(=O)[C@@H](N)Cc1ccccc1)C(=O)N[C@H](C(=O)N1CCC[C@H]1C(=O)N[C@H](C(=O)NCC(=O)N1CCC[C@H]1C(=O)N[C@@H](CCCN=C(N)N)C(=O)N[C@H](C(=O)O)C(C)C)[C@@H](C)CC)[C@@H](C)O. The van der Waals surface area contributed by atoms with Crippen molar-refractivity contribution in [3.8, 4) is 0 Å². The maximum atomic E-state index is 14.1. The van der Waals surface area contributed by atoms with E-state index >= 15 is 0 Å². The molecule has 396 valence electrons. The molecule has 3 rings (SSSR count). The fourth-order valence-corrected chi connectivity index (χ4v) is 8.51. The van der Waals surface area contributed by atoms with Gasteiger partial charge < -0.3 is 69.1 Å². The normalized spacial score (nSPS) is 19.4. The van der Waals surface area contributed by atoms with Crippen LogP contribution in [-0.2, 0) is 49.6 Å². The maximum Gasteiger partial charge on any atom is 0.326 e. The molecule has 2 heterocycles. The summed E-state index contributed by atoms with van der Waals surface area (Å²) in [6.07, 6.45) is 1.33.